The maximum absolute atomic E-state index is 10.7. The summed E-state index contributed by atoms with van der Waals surface area (Å²) in [6.07, 6.45) is -0.673. The van der Waals surface area contributed by atoms with Crippen molar-refractivity contribution in [2.24, 2.45) is 5.73 Å². The highest BCUT2D eigenvalue weighted by molar-refractivity contribution is 9.10. The first-order valence-corrected chi connectivity index (χ1v) is 7.59. The molecule has 2 aromatic rings. The molecule has 0 saturated carbocycles. The smallest absolute Gasteiger partial charge is 0.0881 e. The zero-order valence-corrected chi connectivity index (χ0v) is 13.5. The number of aryl methyl sites for hydroxylation is 1. The summed E-state index contributed by atoms with van der Waals surface area (Å²) >= 11 is 9.51. The van der Waals surface area contributed by atoms with E-state index in [1.54, 1.807) is 0 Å². The van der Waals surface area contributed by atoms with Gasteiger partial charge in [0.05, 0.1) is 6.10 Å². The Balaban J connectivity index is 2.38. The molecule has 2 atom stereocenters. The molecule has 2 aromatic carbocycles. The van der Waals surface area contributed by atoms with Crippen LogP contribution in [0.3, 0.4) is 0 Å². The highest BCUT2D eigenvalue weighted by Gasteiger charge is 2.23. The van der Waals surface area contributed by atoms with Crippen molar-refractivity contribution in [1.29, 1.82) is 0 Å². The van der Waals surface area contributed by atoms with Gasteiger partial charge in [0.25, 0.3) is 0 Å². The third-order valence-corrected chi connectivity index (χ3v) is 4.34. The fourth-order valence-corrected chi connectivity index (χ4v) is 2.97. The average molecular weight is 355 g/mol. The van der Waals surface area contributed by atoms with Crippen molar-refractivity contribution < 1.29 is 5.11 Å². The molecule has 106 valence electrons. The highest BCUT2D eigenvalue weighted by Crippen LogP contribution is 2.35. The van der Waals surface area contributed by atoms with Crippen LogP contribution in [0.5, 0.6) is 0 Å². The Morgan fingerprint density at radius 3 is 2.65 bits per heavy atom. The van der Waals surface area contributed by atoms with E-state index in [1.165, 1.54) is 0 Å². The maximum atomic E-state index is 10.7. The Morgan fingerprint density at radius 1 is 1.25 bits per heavy atom. The molecule has 2 rings (SSSR count). The summed E-state index contributed by atoms with van der Waals surface area (Å²) in [5.41, 5.74) is 8.76. The molecule has 0 aliphatic carbocycles. The largest absolute Gasteiger partial charge is 0.388 e. The molecule has 2 nitrogen and oxygen atoms in total. The van der Waals surface area contributed by atoms with Crippen molar-refractivity contribution >= 4 is 27.5 Å². The van der Waals surface area contributed by atoms with E-state index < -0.39 is 6.10 Å². The van der Waals surface area contributed by atoms with Gasteiger partial charge in [-0.2, -0.15) is 0 Å². The molecule has 0 fully saturated rings. The Hall–Kier alpha value is -0.870. The van der Waals surface area contributed by atoms with Gasteiger partial charge in [-0.15, -0.1) is 0 Å². The summed E-state index contributed by atoms with van der Waals surface area (Å²) in [6.45, 7) is 2.35. The van der Waals surface area contributed by atoms with Gasteiger partial charge in [0.1, 0.15) is 0 Å². The molecule has 2 unspecified atom stereocenters. The van der Waals surface area contributed by atoms with Gasteiger partial charge in [-0.05, 0) is 36.2 Å². The van der Waals surface area contributed by atoms with Crippen molar-refractivity contribution in [2.45, 2.75) is 18.9 Å². The number of nitrogens with two attached hydrogens (primary N) is 1. The first kappa shape index (κ1) is 15.5. The van der Waals surface area contributed by atoms with Gasteiger partial charge >= 0.3 is 0 Å². The van der Waals surface area contributed by atoms with Gasteiger partial charge in [0, 0.05) is 22.0 Å². The quantitative estimate of drug-likeness (QED) is 0.865. The normalized spacial score (nSPS) is 14.1. The maximum Gasteiger partial charge on any atom is 0.0881 e. The Labute approximate surface area is 132 Å². The molecule has 0 heterocycles. The average Bonchev–Trinajstić information content (AvgIpc) is 2.42. The lowest BCUT2D eigenvalue weighted by molar-refractivity contribution is 0.146. The number of hydrogen-bond donors (Lipinski definition) is 2. The minimum atomic E-state index is -0.673. The predicted molar refractivity (Wildman–Crippen MR) is 87.1 cm³/mol. The first-order valence-electron chi connectivity index (χ1n) is 6.42. The minimum absolute atomic E-state index is 0.188. The molecule has 0 spiro atoms. The van der Waals surface area contributed by atoms with Gasteiger partial charge in [-0.25, -0.2) is 0 Å². The lowest BCUT2D eigenvalue weighted by atomic mass is 9.89. The van der Waals surface area contributed by atoms with E-state index in [4.69, 9.17) is 17.3 Å². The van der Waals surface area contributed by atoms with E-state index in [-0.39, 0.29) is 5.92 Å². The van der Waals surface area contributed by atoms with E-state index in [0.29, 0.717) is 11.6 Å². The van der Waals surface area contributed by atoms with Gasteiger partial charge in [-0.1, -0.05) is 57.4 Å². The second kappa shape index (κ2) is 6.72. The van der Waals surface area contributed by atoms with E-state index in [2.05, 4.69) is 15.9 Å². The third kappa shape index (κ3) is 3.41. The van der Waals surface area contributed by atoms with E-state index in [1.807, 2.05) is 49.4 Å². The SMILES string of the molecule is Cc1ccc(Br)c(C(O)C(CN)c2cccc(Cl)c2)c1. The highest BCUT2D eigenvalue weighted by atomic mass is 79.9. The number of halogens is 2. The van der Waals surface area contributed by atoms with Crippen molar-refractivity contribution in [2.75, 3.05) is 6.54 Å². The number of benzene rings is 2. The molecule has 0 amide bonds. The van der Waals surface area contributed by atoms with Crippen LogP contribution in [-0.4, -0.2) is 11.7 Å². The monoisotopic (exact) mass is 353 g/mol. The van der Waals surface area contributed by atoms with Crippen LogP contribution in [0, 0.1) is 6.92 Å². The number of aliphatic hydroxyl groups is 1. The lowest BCUT2D eigenvalue weighted by Gasteiger charge is -2.23. The minimum Gasteiger partial charge on any atom is -0.388 e. The molecule has 3 N–H and O–H groups in total. The second-order valence-electron chi connectivity index (χ2n) is 4.87. The van der Waals surface area contributed by atoms with Crippen LogP contribution in [0.1, 0.15) is 28.7 Å². The third-order valence-electron chi connectivity index (χ3n) is 3.38. The van der Waals surface area contributed by atoms with E-state index >= 15 is 0 Å². The van der Waals surface area contributed by atoms with Crippen LogP contribution in [0.25, 0.3) is 0 Å². The van der Waals surface area contributed by atoms with Crippen molar-refractivity contribution in [3.8, 4) is 0 Å². The number of rotatable bonds is 4. The fourth-order valence-electron chi connectivity index (χ4n) is 2.29. The molecule has 0 bridgehead atoms. The van der Waals surface area contributed by atoms with Gasteiger partial charge in [0.2, 0.25) is 0 Å². The van der Waals surface area contributed by atoms with Crippen molar-refractivity contribution in [3.63, 3.8) is 0 Å². The van der Waals surface area contributed by atoms with Crippen LogP contribution >= 0.6 is 27.5 Å². The molecule has 0 aliphatic heterocycles. The summed E-state index contributed by atoms with van der Waals surface area (Å²) in [7, 11) is 0. The molecule has 0 aliphatic rings. The Morgan fingerprint density at radius 2 is 2.00 bits per heavy atom. The predicted octanol–water partition coefficient (Wildman–Crippen LogP) is 4.19. The Bertz CT molecular complexity index is 603. The van der Waals surface area contributed by atoms with Crippen molar-refractivity contribution in [1.82, 2.24) is 0 Å². The second-order valence-corrected chi connectivity index (χ2v) is 6.16. The summed E-state index contributed by atoms with van der Waals surface area (Å²) in [4.78, 5) is 0. The van der Waals surface area contributed by atoms with E-state index in [0.717, 1.165) is 21.2 Å². The van der Waals surface area contributed by atoms with Gasteiger partial charge in [-0.3, -0.25) is 0 Å². The van der Waals surface area contributed by atoms with Crippen LogP contribution in [0.2, 0.25) is 5.02 Å². The standard InChI is InChI=1S/C16H17BrClNO/c1-10-5-6-15(17)13(7-10)16(20)14(9-19)11-3-2-4-12(18)8-11/h2-8,14,16,20H,9,19H2,1H3. The summed E-state index contributed by atoms with van der Waals surface area (Å²) in [5, 5.41) is 11.3. The fraction of sp³-hybridized carbons (Fsp3) is 0.250. The van der Waals surface area contributed by atoms with Crippen LogP contribution < -0.4 is 5.73 Å². The number of aliphatic hydroxyl groups excluding tert-OH is 1. The molecular weight excluding hydrogens is 338 g/mol. The zero-order chi connectivity index (χ0) is 14.7. The van der Waals surface area contributed by atoms with Crippen molar-refractivity contribution in [3.05, 3.63) is 68.7 Å². The van der Waals surface area contributed by atoms with E-state index in [9.17, 15) is 5.11 Å². The molecule has 0 saturated heterocycles. The lowest BCUT2D eigenvalue weighted by Crippen LogP contribution is -2.20. The Kier molecular flexibility index (Phi) is 5.22. The zero-order valence-electron chi connectivity index (χ0n) is 11.2. The van der Waals surface area contributed by atoms with Gasteiger partial charge < -0.3 is 10.8 Å². The van der Waals surface area contributed by atoms with Gasteiger partial charge in [0.15, 0.2) is 0 Å². The molecule has 4 heteroatoms. The van der Waals surface area contributed by atoms with Crippen LogP contribution in [-0.2, 0) is 0 Å². The summed E-state index contributed by atoms with van der Waals surface area (Å²) < 4.78 is 0.885. The topological polar surface area (TPSA) is 46.2 Å². The molecule has 20 heavy (non-hydrogen) atoms. The van der Waals surface area contributed by atoms with Crippen LogP contribution in [0.4, 0.5) is 0 Å². The summed E-state index contributed by atoms with van der Waals surface area (Å²) in [6, 6.07) is 13.4. The summed E-state index contributed by atoms with van der Waals surface area (Å²) in [5.74, 6) is -0.188. The molecular formula is C16H17BrClNO. The molecule has 0 radical (unpaired) electrons. The number of hydrogen-bond acceptors (Lipinski definition) is 2. The molecule has 0 aromatic heterocycles. The first-order chi connectivity index (χ1) is 9.52. The van der Waals surface area contributed by atoms with Crippen LogP contribution in [0.15, 0.2) is 46.9 Å².